The third-order valence-corrected chi connectivity index (χ3v) is 11.7. The minimum absolute atomic E-state index is 0.151. The Balaban J connectivity index is 1.16. The van der Waals surface area contributed by atoms with E-state index in [9.17, 15) is 13.2 Å². The molecule has 1 saturated heterocycles. The van der Waals surface area contributed by atoms with Gasteiger partial charge in [0.05, 0.1) is 12.2 Å². The summed E-state index contributed by atoms with van der Waals surface area (Å²) in [6.07, 6.45) is 13.3. The number of hydrogen-bond acceptors (Lipinski definition) is 10. The molecule has 52 heavy (non-hydrogen) atoms. The average molecular weight is 728 g/mol. The Morgan fingerprint density at radius 3 is 2.54 bits per heavy atom. The molecule has 7 rings (SSSR count). The van der Waals surface area contributed by atoms with Crippen molar-refractivity contribution in [2.24, 2.45) is 11.8 Å². The van der Waals surface area contributed by atoms with Gasteiger partial charge in [0.2, 0.25) is 5.88 Å². The number of nitrogens with one attached hydrogen (secondary N) is 2. The molecule has 1 saturated carbocycles. The van der Waals surface area contributed by atoms with E-state index in [1.807, 2.05) is 36.4 Å². The highest BCUT2D eigenvalue weighted by Crippen LogP contribution is 2.40. The van der Waals surface area contributed by atoms with Crippen LogP contribution < -0.4 is 24.4 Å². The lowest BCUT2D eigenvalue weighted by Crippen LogP contribution is -2.41. The van der Waals surface area contributed by atoms with Crippen molar-refractivity contribution in [3.05, 3.63) is 78.0 Å². The summed E-state index contributed by atoms with van der Waals surface area (Å²) in [5, 5.41) is 7.62. The molecular weight excluding hydrogens is 679 g/mol. The molecule has 1 aromatic carbocycles. The molecule has 12 nitrogen and oxygen atoms in total. The zero-order chi connectivity index (χ0) is 36.1. The fourth-order valence-corrected chi connectivity index (χ4v) is 8.72. The van der Waals surface area contributed by atoms with E-state index in [4.69, 9.17) is 14.5 Å². The Hall–Kier alpha value is -4.65. The number of benzene rings is 1. The SMILES string of the molecule is CC1(C)C[C@@H]2CCCNc3cc(OCc4ccccc4)cc(n3)S(=O)(=O)NC(=O)c3ccc(-n4ccc(OCCC5CCCCCC5)n4)nc3N1C2. The van der Waals surface area contributed by atoms with Gasteiger partial charge in [0, 0.05) is 43.0 Å². The molecule has 2 fully saturated rings. The normalized spacial score (nSPS) is 20.4. The number of carbonyl (C=O) groups is 1. The molecule has 0 unspecified atom stereocenters. The smallest absolute Gasteiger partial charge is 0.282 e. The number of aromatic nitrogens is 4. The van der Waals surface area contributed by atoms with Crippen molar-refractivity contribution in [2.45, 2.75) is 95.2 Å². The van der Waals surface area contributed by atoms with Gasteiger partial charge < -0.3 is 19.7 Å². The highest BCUT2D eigenvalue weighted by molar-refractivity contribution is 7.90. The van der Waals surface area contributed by atoms with Crippen molar-refractivity contribution in [2.75, 3.05) is 29.9 Å². The Morgan fingerprint density at radius 2 is 1.73 bits per heavy atom. The topological polar surface area (TPSA) is 141 Å². The maximum atomic E-state index is 14.0. The van der Waals surface area contributed by atoms with Crippen LogP contribution in [0.15, 0.2) is 71.9 Å². The van der Waals surface area contributed by atoms with Gasteiger partial charge in [-0.1, -0.05) is 68.9 Å². The van der Waals surface area contributed by atoms with Crippen LogP contribution in [0.4, 0.5) is 11.6 Å². The summed E-state index contributed by atoms with van der Waals surface area (Å²) >= 11 is 0. The predicted molar refractivity (Wildman–Crippen MR) is 200 cm³/mol. The number of rotatable bonds is 8. The number of ether oxygens (including phenoxy) is 2. The summed E-state index contributed by atoms with van der Waals surface area (Å²) < 4.78 is 43.6. The lowest BCUT2D eigenvalue weighted by Gasteiger charge is -2.34. The number of pyridine rings is 2. The molecule has 1 atom stereocenters. The van der Waals surface area contributed by atoms with Crippen LogP contribution in [0.5, 0.6) is 11.6 Å². The number of anilines is 2. The van der Waals surface area contributed by atoms with Gasteiger partial charge in [-0.15, -0.1) is 5.10 Å². The second kappa shape index (κ2) is 15.5. The van der Waals surface area contributed by atoms with E-state index in [-0.39, 0.29) is 22.7 Å². The van der Waals surface area contributed by atoms with Gasteiger partial charge in [0.1, 0.15) is 24.0 Å². The molecule has 4 bridgehead atoms. The minimum atomic E-state index is -4.41. The van der Waals surface area contributed by atoms with Crippen LogP contribution in [0.2, 0.25) is 0 Å². The monoisotopic (exact) mass is 727 g/mol. The second-order valence-electron chi connectivity index (χ2n) is 14.9. The van der Waals surface area contributed by atoms with Crippen molar-refractivity contribution >= 4 is 27.6 Å². The first-order valence-corrected chi connectivity index (χ1v) is 20.1. The van der Waals surface area contributed by atoms with E-state index < -0.39 is 15.9 Å². The number of carbonyl (C=O) groups excluding carboxylic acids is 1. The molecule has 3 aromatic heterocycles. The molecule has 13 heteroatoms. The first kappa shape index (κ1) is 35.7. The van der Waals surface area contributed by atoms with Gasteiger partial charge >= 0.3 is 0 Å². The van der Waals surface area contributed by atoms with Crippen LogP contribution in [-0.4, -0.2) is 59.3 Å². The number of amides is 1. The second-order valence-corrected chi connectivity index (χ2v) is 16.6. The van der Waals surface area contributed by atoms with Crippen molar-refractivity contribution in [3.8, 4) is 17.4 Å². The average Bonchev–Trinajstić information content (AvgIpc) is 3.62. The van der Waals surface area contributed by atoms with Gasteiger partial charge in [-0.3, -0.25) is 4.79 Å². The summed E-state index contributed by atoms with van der Waals surface area (Å²) in [6, 6.07) is 17.8. The lowest BCUT2D eigenvalue weighted by molar-refractivity contribution is 0.0981. The Kier molecular flexibility index (Phi) is 10.7. The van der Waals surface area contributed by atoms with E-state index in [1.54, 1.807) is 29.1 Å². The van der Waals surface area contributed by atoms with Crippen molar-refractivity contribution in [3.63, 3.8) is 0 Å². The van der Waals surface area contributed by atoms with Crippen LogP contribution in [0.1, 0.15) is 94.0 Å². The van der Waals surface area contributed by atoms with Gasteiger partial charge in [-0.25, -0.2) is 19.4 Å². The molecule has 5 heterocycles. The maximum absolute atomic E-state index is 14.0. The van der Waals surface area contributed by atoms with Crippen LogP contribution in [0, 0.1) is 11.8 Å². The van der Waals surface area contributed by atoms with Crippen molar-refractivity contribution < 1.29 is 22.7 Å². The van der Waals surface area contributed by atoms with Crippen LogP contribution >= 0.6 is 0 Å². The van der Waals surface area contributed by atoms with Gasteiger partial charge in [0.25, 0.3) is 15.9 Å². The molecule has 0 radical (unpaired) electrons. The molecular formula is C39H49N7O5S. The van der Waals surface area contributed by atoms with Gasteiger partial charge in [-0.05, 0) is 69.1 Å². The van der Waals surface area contributed by atoms with Crippen molar-refractivity contribution in [1.29, 1.82) is 0 Å². The first-order valence-electron chi connectivity index (χ1n) is 18.6. The Labute approximate surface area is 306 Å². The number of sulfonamides is 1. The van der Waals surface area contributed by atoms with Crippen LogP contribution in [-0.2, 0) is 16.6 Å². The Morgan fingerprint density at radius 1 is 0.923 bits per heavy atom. The predicted octanol–water partition coefficient (Wildman–Crippen LogP) is 6.91. The first-order chi connectivity index (χ1) is 25.1. The maximum Gasteiger partial charge on any atom is 0.282 e. The van der Waals surface area contributed by atoms with Crippen molar-refractivity contribution in [1.82, 2.24) is 24.5 Å². The van der Waals surface area contributed by atoms with E-state index >= 15 is 0 Å². The van der Waals surface area contributed by atoms with Crippen LogP contribution in [0.3, 0.4) is 0 Å². The third kappa shape index (κ3) is 8.52. The molecule has 0 spiro atoms. The molecule has 2 aliphatic heterocycles. The summed E-state index contributed by atoms with van der Waals surface area (Å²) in [6.45, 7) is 6.41. The summed E-state index contributed by atoms with van der Waals surface area (Å²) in [4.78, 5) is 25.5. The minimum Gasteiger partial charge on any atom is -0.489 e. The molecule has 4 aromatic rings. The Bertz CT molecular complexity index is 1960. The van der Waals surface area contributed by atoms with Gasteiger partial charge in [-0.2, -0.15) is 8.42 Å². The summed E-state index contributed by atoms with van der Waals surface area (Å²) in [5.41, 5.74) is 0.755. The zero-order valence-corrected chi connectivity index (χ0v) is 30.9. The zero-order valence-electron chi connectivity index (χ0n) is 30.1. The standard InChI is InChI=1S/C39H49N7O5S/c1-39(2)25-30-15-10-20-40-33-23-31(51-27-29-13-8-5-9-14-29)24-36(41-33)52(48,49)44-38(47)32-16-17-34(42-37(32)45(39)26-30)46-21-18-35(43-46)50-22-19-28-11-6-3-4-7-12-28/h5,8-9,13-14,16-18,21,23-24,28,30H,3-4,6-7,10-12,15,19-20,22,25-27H2,1-2H3,(H,40,41)(H,44,47)/t30-/m0/s1. The van der Waals surface area contributed by atoms with E-state index in [2.05, 4.69) is 38.9 Å². The lowest BCUT2D eigenvalue weighted by atomic mass is 9.93. The van der Waals surface area contributed by atoms with Gasteiger partial charge in [0.15, 0.2) is 10.8 Å². The van der Waals surface area contributed by atoms with Crippen LogP contribution in [0.25, 0.3) is 5.82 Å². The fraction of sp³-hybridized carbons (Fsp3) is 0.487. The quantitative estimate of drug-likeness (QED) is 0.184. The van der Waals surface area contributed by atoms with E-state index in [1.165, 1.54) is 44.6 Å². The molecule has 1 amide bonds. The molecule has 276 valence electrons. The summed E-state index contributed by atoms with van der Waals surface area (Å²) in [5.74, 6) is 2.37. The molecule has 2 N–H and O–H groups in total. The number of hydrogen-bond donors (Lipinski definition) is 2. The third-order valence-electron chi connectivity index (χ3n) is 10.5. The summed E-state index contributed by atoms with van der Waals surface area (Å²) in [7, 11) is -4.41. The number of fused-ring (bicyclic) bond motifs is 6. The number of nitrogens with zero attached hydrogens (tertiary/aromatic N) is 5. The fourth-order valence-electron chi connectivity index (χ4n) is 7.77. The molecule has 1 aliphatic carbocycles. The van der Waals surface area contributed by atoms with E-state index in [0.29, 0.717) is 60.6 Å². The highest BCUT2D eigenvalue weighted by atomic mass is 32.2. The van der Waals surface area contributed by atoms with E-state index in [0.717, 1.165) is 31.2 Å². The highest BCUT2D eigenvalue weighted by Gasteiger charge is 2.41. The largest absolute Gasteiger partial charge is 0.489 e. The molecule has 3 aliphatic rings.